The van der Waals surface area contributed by atoms with Crippen LogP contribution in [0.15, 0.2) is 45.7 Å². The van der Waals surface area contributed by atoms with Crippen molar-refractivity contribution in [2.75, 3.05) is 5.73 Å². The van der Waals surface area contributed by atoms with Crippen molar-refractivity contribution in [3.8, 4) is 22.6 Å². The number of nitrogens with two attached hydrogens (primary N) is 1. The van der Waals surface area contributed by atoms with Gasteiger partial charge >= 0.3 is 5.76 Å². The summed E-state index contributed by atoms with van der Waals surface area (Å²) in [7, 11) is 1.55. The third-order valence-electron chi connectivity index (χ3n) is 3.46. The summed E-state index contributed by atoms with van der Waals surface area (Å²) in [4.78, 5) is 15.9. The second kappa shape index (κ2) is 5.48. The fraction of sp³-hybridized carbons (Fsp3) is 0.188. The number of rotatable bonds is 3. The predicted molar refractivity (Wildman–Crippen MR) is 84.2 cm³/mol. The van der Waals surface area contributed by atoms with Crippen LogP contribution in [0.3, 0.4) is 0 Å². The molecular formula is C16H16N4O2. The van der Waals surface area contributed by atoms with Gasteiger partial charge < -0.3 is 10.2 Å². The largest absolute Gasteiger partial charge is 0.437 e. The fourth-order valence-electron chi connectivity index (χ4n) is 2.27. The van der Waals surface area contributed by atoms with Gasteiger partial charge in [-0.15, -0.1) is 5.10 Å². The molecule has 22 heavy (non-hydrogen) atoms. The first kappa shape index (κ1) is 14.1. The fourth-order valence-corrected chi connectivity index (χ4v) is 2.27. The normalized spacial score (nSPS) is 10.8. The quantitative estimate of drug-likeness (QED) is 0.749. The first-order chi connectivity index (χ1) is 10.6. The molecule has 6 heteroatoms. The van der Waals surface area contributed by atoms with E-state index in [1.54, 1.807) is 13.2 Å². The SMILES string of the molecule is CCc1ncc(-c2nn(C)c(=O)o2)cc1-c1ccc(N)cc1. The Labute approximate surface area is 127 Å². The molecule has 0 unspecified atom stereocenters. The smallest absolute Gasteiger partial charge is 0.399 e. The van der Waals surface area contributed by atoms with Crippen molar-refractivity contribution in [1.82, 2.24) is 14.8 Å². The van der Waals surface area contributed by atoms with E-state index in [0.717, 1.165) is 27.9 Å². The zero-order valence-electron chi connectivity index (χ0n) is 12.4. The van der Waals surface area contributed by atoms with Gasteiger partial charge in [-0.1, -0.05) is 19.1 Å². The minimum absolute atomic E-state index is 0.263. The molecule has 0 saturated heterocycles. The zero-order chi connectivity index (χ0) is 15.7. The van der Waals surface area contributed by atoms with Crippen LogP contribution in [-0.4, -0.2) is 14.8 Å². The lowest BCUT2D eigenvalue weighted by Crippen LogP contribution is -2.09. The predicted octanol–water partition coefficient (Wildman–Crippen LogP) is 2.25. The third-order valence-corrected chi connectivity index (χ3v) is 3.46. The van der Waals surface area contributed by atoms with E-state index < -0.39 is 5.76 Å². The highest BCUT2D eigenvalue weighted by molar-refractivity contribution is 5.72. The van der Waals surface area contributed by atoms with Gasteiger partial charge in [0, 0.05) is 30.2 Å². The molecule has 112 valence electrons. The number of benzene rings is 1. The van der Waals surface area contributed by atoms with Crippen LogP contribution in [0.5, 0.6) is 0 Å². The summed E-state index contributed by atoms with van der Waals surface area (Å²) in [6.07, 6.45) is 2.47. The first-order valence-corrected chi connectivity index (χ1v) is 6.98. The number of aryl methyl sites for hydroxylation is 2. The average Bonchev–Trinajstić information content (AvgIpc) is 2.87. The second-order valence-electron chi connectivity index (χ2n) is 4.99. The maximum Gasteiger partial charge on any atom is 0.437 e. The topological polar surface area (TPSA) is 86.9 Å². The summed E-state index contributed by atoms with van der Waals surface area (Å²) < 4.78 is 6.28. The van der Waals surface area contributed by atoms with E-state index in [-0.39, 0.29) is 5.89 Å². The molecule has 0 fully saturated rings. The molecule has 0 aliphatic heterocycles. The highest BCUT2D eigenvalue weighted by atomic mass is 16.4. The average molecular weight is 296 g/mol. The molecule has 0 saturated carbocycles. The van der Waals surface area contributed by atoms with E-state index in [4.69, 9.17) is 10.2 Å². The van der Waals surface area contributed by atoms with Gasteiger partial charge in [-0.3, -0.25) is 4.98 Å². The molecule has 2 aromatic heterocycles. The van der Waals surface area contributed by atoms with E-state index in [1.165, 1.54) is 0 Å². The van der Waals surface area contributed by atoms with E-state index in [0.29, 0.717) is 11.3 Å². The third kappa shape index (κ3) is 2.50. The molecule has 6 nitrogen and oxygen atoms in total. The number of pyridine rings is 1. The minimum atomic E-state index is -0.497. The molecule has 1 aromatic carbocycles. The van der Waals surface area contributed by atoms with Gasteiger partial charge in [0.2, 0.25) is 0 Å². The lowest BCUT2D eigenvalue weighted by Gasteiger charge is -2.09. The van der Waals surface area contributed by atoms with Crippen molar-refractivity contribution in [3.05, 3.63) is 52.8 Å². The zero-order valence-corrected chi connectivity index (χ0v) is 12.4. The van der Waals surface area contributed by atoms with Gasteiger partial charge in [0.1, 0.15) is 0 Å². The Kier molecular flexibility index (Phi) is 3.50. The number of hydrogen-bond acceptors (Lipinski definition) is 5. The summed E-state index contributed by atoms with van der Waals surface area (Å²) in [6.45, 7) is 2.05. The molecule has 2 heterocycles. The number of hydrogen-bond donors (Lipinski definition) is 1. The minimum Gasteiger partial charge on any atom is -0.399 e. The van der Waals surface area contributed by atoms with Gasteiger partial charge in [0.15, 0.2) is 0 Å². The Balaban J connectivity index is 2.14. The van der Waals surface area contributed by atoms with Crippen LogP contribution in [0, 0.1) is 0 Å². The van der Waals surface area contributed by atoms with Crippen molar-refractivity contribution in [1.29, 1.82) is 0 Å². The molecule has 0 aliphatic carbocycles. The van der Waals surface area contributed by atoms with Gasteiger partial charge in [-0.25, -0.2) is 4.79 Å². The van der Waals surface area contributed by atoms with Crippen molar-refractivity contribution in [2.45, 2.75) is 13.3 Å². The number of aromatic nitrogens is 3. The van der Waals surface area contributed by atoms with E-state index in [1.807, 2.05) is 37.3 Å². The summed E-state index contributed by atoms with van der Waals surface area (Å²) >= 11 is 0. The Morgan fingerprint density at radius 2 is 1.95 bits per heavy atom. The lowest BCUT2D eigenvalue weighted by molar-refractivity contribution is 0.505. The van der Waals surface area contributed by atoms with Crippen molar-refractivity contribution >= 4 is 5.69 Å². The first-order valence-electron chi connectivity index (χ1n) is 6.98. The second-order valence-corrected chi connectivity index (χ2v) is 4.99. The van der Waals surface area contributed by atoms with Gasteiger partial charge in [-0.05, 0) is 30.2 Å². The van der Waals surface area contributed by atoms with Gasteiger partial charge in [-0.2, -0.15) is 4.68 Å². The highest BCUT2D eigenvalue weighted by Gasteiger charge is 2.12. The number of nitrogens with zero attached hydrogens (tertiary/aromatic N) is 3. The molecule has 0 atom stereocenters. The summed E-state index contributed by atoms with van der Waals surface area (Å²) in [5.74, 6) is -0.233. The molecule has 0 amide bonds. The summed E-state index contributed by atoms with van der Waals surface area (Å²) in [5, 5.41) is 4.06. The standard InChI is InChI=1S/C16H16N4O2/c1-3-14-13(10-4-6-12(17)7-5-10)8-11(9-18-14)15-19-20(2)16(21)22-15/h4-9H,3,17H2,1-2H3. The molecule has 0 spiro atoms. The van der Waals surface area contributed by atoms with Crippen molar-refractivity contribution < 1.29 is 4.42 Å². The van der Waals surface area contributed by atoms with Crippen molar-refractivity contribution in [3.63, 3.8) is 0 Å². The maximum absolute atomic E-state index is 11.4. The maximum atomic E-state index is 11.4. The van der Waals surface area contributed by atoms with Crippen LogP contribution in [0.25, 0.3) is 22.6 Å². The van der Waals surface area contributed by atoms with E-state index in [9.17, 15) is 4.79 Å². The summed E-state index contributed by atoms with van der Waals surface area (Å²) in [5.41, 5.74) is 10.1. The Bertz CT molecular complexity index is 863. The molecule has 0 bridgehead atoms. The van der Waals surface area contributed by atoms with Crippen LogP contribution in [0.2, 0.25) is 0 Å². The molecular weight excluding hydrogens is 280 g/mol. The molecule has 0 radical (unpaired) electrons. The number of nitrogen functional groups attached to an aromatic ring is 1. The molecule has 3 aromatic rings. The molecule has 0 aliphatic rings. The van der Waals surface area contributed by atoms with Crippen LogP contribution in [-0.2, 0) is 13.5 Å². The Morgan fingerprint density at radius 1 is 1.23 bits per heavy atom. The van der Waals surface area contributed by atoms with Crippen LogP contribution in [0.4, 0.5) is 5.69 Å². The Morgan fingerprint density at radius 3 is 2.55 bits per heavy atom. The van der Waals surface area contributed by atoms with Crippen molar-refractivity contribution in [2.24, 2.45) is 7.05 Å². The number of anilines is 1. The van der Waals surface area contributed by atoms with E-state index in [2.05, 4.69) is 10.1 Å². The molecule has 3 rings (SSSR count). The van der Waals surface area contributed by atoms with Gasteiger partial charge in [0.25, 0.3) is 5.89 Å². The van der Waals surface area contributed by atoms with Crippen LogP contribution < -0.4 is 11.5 Å². The van der Waals surface area contributed by atoms with E-state index >= 15 is 0 Å². The monoisotopic (exact) mass is 296 g/mol. The highest BCUT2D eigenvalue weighted by Crippen LogP contribution is 2.28. The molecule has 2 N–H and O–H groups in total. The Hall–Kier alpha value is -2.89. The summed E-state index contributed by atoms with van der Waals surface area (Å²) in [6, 6.07) is 9.53. The van der Waals surface area contributed by atoms with Crippen LogP contribution in [0.1, 0.15) is 12.6 Å². The lowest BCUT2D eigenvalue weighted by atomic mass is 10.0. The van der Waals surface area contributed by atoms with Gasteiger partial charge in [0.05, 0.1) is 5.56 Å². The van der Waals surface area contributed by atoms with Crippen LogP contribution >= 0.6 is 0 Å².